The van der Waals surface area contributed by atoms with Gasteiger partial charge in [-0.15, -0.1) is 0 Å². The highest BCUT2D eigenvalue weighted by Crippen LogP contribution is 2.28. The number of benzene rings is 2. The third-order valence-electron chi connectivity index (χ3n) is 5.18. The molecule has 31 heavy (non-hydrogen) atoms. The molecule has 0 aromatic heterocycles. The lowest BCUT2D eigenvalue weighted by Gasteiger charge is -2.17. The van der Waals surface area contributed by atoms with Gasteiger partial charge in [0.1, 0.15) is 0 Å². The van der Waals surface area contributed by atoms with Crippen LogP contribution in [0.1, 0.15) is 36.2 Å². The van der Waals surface area contributed by atoms with Gasteiger partial charge in [-0.1, -0.05) is 19.1 Å². The molecule has 1 fully saturated rings. The molecule has 1 heterocycles. The Kier molecular flexibility index (Phi) is 7.12. The van der Waals surface area contributed by atoms with Gasteiger partial charge in [-0.2, -0.15) is 0 Å². The van der Waals surface area contributed by atoms with E-state index < -0.39 is 17.7 Å². The molecule has 8 heteroatoms. The van der Waals surface area contributed by atoms with Gasteiger partial charge in [-0.05, 0) is 49.2 Å². The molecular formula is C23H27N3O5. The molecule has 1 aliphatic heterocycles. The van der Waals surface area contributed by atoms with Crippen molar-refractivity contribution in [1.82, 2.24) is 10.9 Å². The van der Waals surface area contributed by atoms with E-state index in [1.54, 1.807) is 17.0 Å². The molecule has 0 bridgehead atoms. The number of nitrogens with zero attached hydrogens (tertiary/aromatic N) is 1. The van der Waals surface area contributed by atoms with Crippen molar-refractivity contribution in [2.75, 3.05) is 25.2 Å². The summed E-state index contributed by atoms with van der Waals surface area (Å²) in [5, 5.41) is 0. The molecule has 0 unspecified atom stereocenters. The van der Waals surface area contributed by atoms with Crippen molar-refractivity contribution in [3.63, 3.8) is 0 Å². The van der Waals surface area contributed by atoms with Gasteiger partial charge in [-0.25, -0.2) is 0 Å². The smallest absolute Gasteiger partial charge is 0.269 e. The third-order valence-corrected chi connectivity index (χ3v) is 5.18. The molecule has 0 saturated carbocycles. The molecule has 2 aromatic carbocycles. The van der Waals surface area contributed by atoms with E-state index in [0.29, 0.717) is 23.7 Å². The van der Waals surface area contributed by atoms with Crippen LogP contribution in [0.2, 0.25) is 0 Å². The van der Waals surface area contributed by atoms with E-state index in [9.17, 15) is 14.4 Å². The molecule has 3 amide bonds. The zero-order valence-electron chi connectivity index (χ0n) is 17.9. The summed E-state index contributed by atoms with van der Waals surface area (Å²) in [5.74, 6) is -0.618. The number of carbonyl (C=O) groups is 3. The van der Waals surface area contributed by atoms with Crippen LogP contribution < -0.4 is 25.2 Å². The van der Waals surface area contributed by atoms with Crippen LogP contribution in [0.4, 0.5) is 5.69 Å². The average molecular weight is 425 g/mol. The highest BCUT2D eigenvalue weighted by atomic mass is 16.5. The van der Waals surface area contributed by atoms with Gasteiger partial charge >= 0.3 is 0 Å². The second kappa shape index (κ2) is 9.97. The van der Waals surface area contributed by atoms with Gasteiger partial charge in [0.2, 0.25) is 11.8 Å². The number of nitrogens with one attached hydrogen (secondary N) is 2. The number of aryl methyl sites for hydroxylation is 1. The average Bonchev–Trinajstić information content (AvgIpc) is 3.19. The van der Waals surface area contributed by atoms with Crippen molar-refractivity contribution < 1.29 is 23.9 Å². The molecule has 0 radical (unpaired) electrons. The molecule has 1 saturated heterocycles. The Balaban J connectivity index is 1.58. The molecule has 1 atom stereocenters. The molecule has 0 aliphatic carbocycles. The van der Waals surface area contributed by atoms with E-state index in [4.69, 9.17) is 9.47 Å². The van der Waals surface area contributed by atoms with Crippen molar-refractivity contribution in [2.24, 2.45) is 5.92 Å². The monoisotopic (exact) mass is 425 g/mol. The van der Waals surface area contributed by atoms with Gasteiger partial charge in [-0.3, -0.25) is 25.2 Å². The van der Waals surface area contributed by atoms with Crippen molar-refractivity contribution >= 4 is 23.4 Å². The zero-order chi connectivity index (χ0) is 22.4. The number of hydrazine groups is 1. The van der Waals surface area contributed by atoms with E-state index in [2.05, 4.69) is 17.8 Å². The standard InChI is InChI=1S/C23H27N3O5/c1-4-15-6-9-18(10-7-15)26-14-17(13-21(26)27)23(29)25-24-22(28)16-8-11-19(31-5-2)20(12-16)30-3/h6-12,17H,4-5,13-14H2,1-3H3,(H,24,28)(H,25,29)/t17-/m0/s1. The molecule has 8 nitrogen and oxygen atoms in total. The minimum Gasteiger partial charge on any atom is -0.493 e. The van der Waals surface area contributed by atoms with Gasteiger partial charge in [0, 0.05) is 24.2 Å². The van der Waals surface area contributed by atoms with Crippen molar-refractivity contribution in [3.8, 4) is 11.5 Å². The summed E-state index contributed by atoms with van der Waals surface area (Å²) in [6, 6.07) is 12.5. The number of rotatable bonds is 7. The number of amides is 3. The maximum atomic E-state index is 12.5. The van der Waals surface area contributed by atoms with Crippen LogP contribution in [0.25, 0.3) is 0 Å². The Morgan fingerprint density at radius 2 is 1.81 bits per heavy atom. The Morgan fingerprint density at radius 1 is 1.06 bits per heavy atom. The molecule has 2 N–H and O–H groups in total. The molecule has 164 valence electrons. The fourth-order valence-electron chi connectivity index (χ4n) is 3.42. The topological polar surface area (TPSA) is 97.0 Å². The summed E-state index contributed by atoms with van der Waals surface area (Å²) in [7, 11) is 1.49. The first-order chi connectivity index (χ1) is 15.0. The van der Waals surface area contributed by atoms with Crippen LogP contribution >= 0.6 is 0 Å². The maximum absolute atomic E-state index is 12.5. The van der Waals surface area contributed by atoms with Gasteiger partial charge < -0.3 is 14.4 Å². The predicted octanol–water partition coefficient (Wildman–Crippen LogP) is 2.47. The quantitative estimate of drug-likeness (QED) is 0.665. The summed E-state index contributed by atoms with van der Waals surface area (Å²) < 4.78 is 10.7. The number of hydrogen-bond donors (Lipinski definition) is 2. The molecule has 1 aliphatic rings. The van der Waals surface area contributed by atoms with E-state index in [1.165, 1.54) is 18.7 Å². The number of anilines is 1. The summed E-state index contributed by atoms with van der Waals surface area (Å²) in [4.78, 5) is 38.9. The minimum absolute atomic E-state index is 0.0914. The summed E-state index contributed by atoms with van der Waals surface area (Å²) in [6.45, 7) is 4.65. The van der Waals surface area contributed by atoms with Gasteiger partial charge in [0.15, 0.2) is 11.5 Å². The lowest BCUT2D eigenvalue weighted by molar-refractivity contribution is -0.126. The Bertz CT molecular complexity index is 958. The predicted molar refractivity (Wildman–Crippen MR) is 116 cm³/mol. The molecular weight excluding hydrogens is 398 g/mol. The van der Waals surface area contributed by atoms with Crippen LogP contribution in [0.5, 0.6) is 11.5 Å². The zero-order valence-corrected chi connectivity index (χ0v) is 17.9. The summed E-state index contributed by atoms with van der Waals surface area (Å²) in [6.07, 6.45) is 1.01. The molecule has 3 rings (SSSR count). The largest absolute Gasteiger partial charge is 0.493 e. The number of ether oxygens (including phenoxy) is 2. The van der Waals surface area contributed by atoms with E-state index in [0.717, 1.165) is 12.1 Å². The van der Waals surface area contributed by atoms with Gasteiger partial charge in [0.25, 0.3) is 5.91 Å². The van der Waals surface area contributed by atoms with Crippen molar-refractivity contribution in [3.05, 3.63) is 53.6 Å². The summed E-state index contributed by atoms with van der Waals surface area (Å²) in [5.41, 5.74) is 7.07. The van der Waals surface area contributed by atoms with E-state index in [-0.39, 0.29) is 18.9 Å². The number of hydrogen-bond acceptors (Lipinski definition) is 5. The Morgan fingerprint density at radius 3 is 2.45 bits per heavy atom. The van der Waals surface area contributed by atoms with Crippen LogP contribution in [-0.2, 0) is 16.0 Å². The maximum Gasteiger partial charge on any atom is 0.269 e. The highest BCUT2D eigenvalue weighted by Gasteiger charge is 2.35. The second-order valence-corrected chi connectivity index (χ2v) is 7.17. The fraction of sp³-hybridized carbons (Fsp3) is 0.348. The van der Waals surface area contributed by atoms with E-state index >= 15 is 0 Å². The minimum atomic E-state index is -0.548. The van der Waals surface area contributed by atoms with Crippen LogP contribution in [-0.4, -0.2) is 38.0 Å². The number of carbonyl (C=O) groups excluding carboxylic acids is 3. The van der Waals surface area contributed by atoms with E-state index in [1.807, 2.05) is 31.2 Å². The van der Waals surface area contributed by atoms with Crippen molar-refractivity contribution in [2.45, 2.75) is 26.7 Å². The third kappa shape index (κ3) is 5.14. The number of methoxy groups -OCH3 is 1. The van der Waals surface area contributed by atoms with Crippen LogP contribution in [0.15, 0.2) is 42.5 Å². The van der Waals surface area contributed by atoms with Gasteiger partial charge in [0.05, 0.1) is 19.6 Å². The SMILES string of the molecule is CCOc1ccc(C(=O)NNC(=O)[C@H]2CC(=O)N(c3ccc(CC)cc3)C2)cc1OC. The van der Waals surface area contributed by atoms with Crippen LogP contribution in [0.3, 0.4) is 0 Å². The first kappa shape index (κ1) is 22.1. The normalized spacial score (nSPS) is 15.5. The molecule has 2 aromatic rings. The van der Waals surface area contributed by atoms with Crippen molar-refractivity contribution in [1.29, 1.82) is 0 Å². The second-order valence-electron chi connectivity index (χ2n) is 7.17. The lowest BCUT2D eigenvalue weighted by Crippen LogP contribution is -2.45. The first-order valence-electron chi connectivity index (χ1n) is 10.3. The Labute approximate surface area is 181 Å². The fourth-order valence-corrected chi connectivity index (χ4v) is 3.42. The highest BCUT2D eigenvalue weighted by molar-refractivity contribution is 6.01. The first-order valence-corrected chi connectivity index (χ1v) is 10.3. The lowest BCUT2D eigenvalue weighted by atomic mass is 10.1. The van der Waals surface area contributed by atoms with Crippen LogP contribution in [0, 0.1) is 5.92 Å². The Hall–Kier alpha value is -3.55. The summed E-state index contributed by atoms with van der Waals surface area (Å²) >= 11 is 0. The molecule has 0 spiro atoms.